The molecule has 0 aliphatic carbocycles. The van der Waals surface area contributed by atoms with Crippen LogP contribution in [0.15, 0.2) is 54.6 Å². The summed E-state index contributed by atoms with van der Waals surface area (Å²) < 4.78 is 0. The molecule has 194 valence electrons. The standard InChI is InChI=1S/C20H24N4O2.C7H6ClNO2/c1-15-16(2)20(7-6-18(15)13-21)23-10-8-22(9-11-23)14-17-4-3-5-19(12-17)24(25)26;8-5-3-4(7(9)11)1-2-6(5)10/h3-7,12-13,21H,8-11,14H2,1-2H3;1-3,10H,(H2,9,11). The Kier molecular flexibility index (Phi) is 9.21. The molecule has 0 radical (unpaired) electrons. The third-order valence-electron chi connectivity index (χ3n) is 6.43. The first-order chi connectivity index (χ1) is 17.6. The molecule has 4 rings (SSSR count). The van der Waals surface area contributed by atoms with Crippen LogP contribution in [0.4, 0.5) is 11.4 Å². The Morgan fingerprint density at radius 2 is 1.81 bits per heavy atom. The number of non-ortho nitro benzene ring substituents is 1. The Hall–Kier alpha value is -3.95. The molecule has 0 spiro atoms. The molecule has 37 heavy (non-hydrogen) atoms. The van der Waals surface area contributed by atoms with E-state index in [4.69, 9.17) is 27.9 Å². The lowest BCUT2D eigenvalue weighted by atomic mass is 10.0. The predicted molar refractivity (Wildman–Crippen MR) is 146 cm³/mol. The predicted octanol–water partition coefficient (Wildman–Crippen LogP) is 4.68. The lowest BCUT2D eigenvalue weighted by molar-refractivity contribution is -0.384. The summed E-state index contributed by atoms with van der Waals surface area (Å²) in [7, 11) is 0. The Morgan fingerprint density at radius 1 is 1.11 bits per heavy atom. The van der Waals surface area contributed by atoms with Gasteiger partial charge in [0.05, 0.1) is 9.95 Å². The smallest absolute Gasteiger partial charge is 0.269 e. The van der Waals surface area contributed by atoms with E-state index in [1.165, 1.54) is 41.7 Å². The summed E-state index contributed by atoms with van der Waals surface area (Å²) in [6.45, 7) is 8.63. The molecule has 1 aliphatic rings. The number of nitrogens with one attached hydrogen (secondary N) is 1. The first-order valence-corrected chi connectivity index (χ1v) is 12.1. The molecule has 3 aromatic carbocycles. The monoisotopic (exact) mass is 523 g/mol. The Balaban J connectivity index is 0.000000289. The van der Waals surface area contributed by atoms with Crippen molar-refractivity contribution in [3.05, 3.63) is 97.6 Å². The minimum Gasteiger partial charge on any atom is -0.506 e. The number of aromatic hydroxyl groups is 1. The number of nitrogens with zero attached hydrogens (tertiary/aromatic N) is 3. The highest BCUT2D eigenvalue weighted by atomic mass is 35.5. The second-order valence-corrected chi connectivity index (χ2v) is 9.20. The fraction of sp³-hybridized carbons (Fsp3) is 0.259. The number of phenolic OH excluding ortho intramolecular Hbond substituents is 1. The molecule has 0 unspecified atom stereocenters. The quantitative estimate of drug-likeness (QED) is 0.244. The Labute approximate surface area is 220 Å². The van der Waals surface area contributed by atoms with Crippen molar-refractivity contribution in [3.8, 4) is 5.75 Å². The average molecular weight is 524 g/mol. The third kappa shape index (κ3) is 7.05. The van der Waals surface area contributed by atoms with Gasteiger partial charge in [-0.15, -0.1) is 0 Å². The molecule has 1 fully saturated rings. The zero-order chi connectivity index (χ0) is 27.1. The van der Waals surface area contributed by atoms with Gasteiger partial charge in [0.2, 0.25) is 5.91 Å². The van der Waals surface area contributed by atoms with Gasteiger partial charge in [-0.2, -0.15) is 0 Å². The van der Waals surface area contributed by atoms with E-state index in [1.807, 2.05) is 12.1 Å². The van der Waals surface area contributed by atoms with Gasteiger partial charge < -0.3 is 21.1 Å². The normalized spacial score (nSPS) is 13.4. The summed E-state index contributed by atoms with van der Waals surface area (Å²) in [6, 6.07) is 15.1. The fourth-order valence-corrected chi connectivity index (χ4v) is 4.34. The maximum Gasteiger partial charge on any atom is 0.269 e. The molecular weight excluding hydrogens is 494 g/mol. The van der Waals surface area contributed by atoms with Crippen LogP contribution in [0.1, 0.15) is 32.6 Å². The minimum atomic E-state index is -0.563. The van der Waals surface area contributed by atoms with Crippen LogP contribution < -0.4 is 10.6 Å². The van der Waals surface area contributed by atoms with E-state index in [-0.39, 0.29) is 26.9 Å². The van der Waals surface area contributed by atoms with Gasteiger partial charge in [-0.1, -0.05) is 29.8 Å². The van der Waals surface area contributed by atoms with E-state index >= 15 is 0 Å². The number of hydrogen-bond donors (Lipinski definition) is 3. The van der Waals surface area contributed by atoms with Gasteiger partial charge in [-0.25, -0.2) is 0 Å². The number of benzene rings is 3. The topological polar surface area (TPSA) is 137 Å². The van der Waals surface area contributed by atoms with Gasteiger partial charge in [0.15, 0.2) is 0 Å². The average Bonchev–Trinajstić information content (AvgIpc) is 2.88. The second-order valence-electron chi connectivity index (χ2n) is 8.79. The molecule has 1 saturated heterocycles. The van der Waals surface area contributed by atoms with Crippen LogP contribution in [0.5, 0.6) is 5.75 Å². The van der Waals surface area contributed by atoms with E-state index in [2.05, 4.69) is 29.7 Å². The highest BCUT2D eigenvalue weighted by Crippen LogP contribution is 2.26. The molecular formula is C27H30ClN5O4. The SMILES string of the molecule is Cc1c(C=N)ccc(N2CCN(Cc3cccc([N+](=O)[O-])c3)CC2)c1C.NC(=O)c1ccc(O)c(Cl)c1. The van der Waals surface area contributed by atoms with Crippen LogP contribution in [0.3, 0.4) is 0 Å². The van der Waals surface area contributed by atoms with Crippen molar-refractivity contribution >= 4 is 35.1 Å². The molecule has 1 amide bonds. The van der Waals surface area contributed by atoms with Crippen LogP contribution in [0.2, 0.25) is 5.02 Å². The number of phenols is 1. The highest BCUT2D eigenvalue weighted by molar-refractivity contribution is 6.32. The first-order valence-electron chi connectivity index (χ1n) is 11.7. The molecule has 0 aromatic heterocycles. The summed E-state index contributed by atoms with van der Waals surface area (Å²) in [5, 5.41) is 27.5. The number of nitro benzene ring substituents is 1. The van der Waals surface area contributed by atoms with Crippen molar-refractivity contribution in [3.63, 3.8) is 0 Å². The number of anilines is 1. The molecule has 0 bridgehead atoms. The maximum atomic E-state index is 10.9. The number of carbonyl (C=O) groups is 1. The number of primary amides is 1. The summed E-state index contributed by atoms with van der Waals surface area (Å²) in [5.41, 5.74) is 11.0. The number of piperazine rings is 1. The van der Waals surface area contributed by atoms with Gasteiger partial charge in [-0.3, -0.25) is 19.8 Å². The third-order valence-corrected chi connectivity index (χ3v) is 6.73. The largest absolute Gasteiger partial charge is 0.506 e. The van der Waals surface area contributed by atoms with E-state index in [9.17, 15) is 14.9 Å². The molecule has 4 N–H and O–H groups in total. The van der Waals surface area contributed by atoms with Crippen LogP contribution in [-0.2, 0) is 6.54 Å². The summed E-state index contributed by atoms with van der Waals surface area (Å²) >= 11 is 5.50. The lowest BCUT2D eigenvalue weighted by Crippen LogP contribution is -2.46. The molecule has 3 aromatic rings. The van der Waals surface area contributed by atoms with Crippen LogP contribution in [0, 0.1) is 29.4 Å². The van der Waals surface area contributed by atoms with E-state index in [0.29, 0.717) is 0 Å². The van der Waals surface area contributed by atoms with Crippen molar-refractivity contribution in [1.29, 1.82) is 5.41 Å². The molecule has 0 atom stereocenters. The Morgan fingerprint density at radius 3 is 2.41 bits per heavy atom. The van der Waals surface area contributed by atoms with Crippen molar-refractivity contribution < 1.29 is 14.8 Å². The zero-order valence-corrected chi connectivity index (χ0v) is 21.5. The Bertz CT molecular complexity index is 1310. The molecule has 1 heterocycles. The molecule has 1 aliphatic heterocycles. The number of amides is 1. The van der Waals surface area contributed by atoms with Crippen LogP contribution in [-0.4, -0.2) is 53.2 Å². The van der Waals surface area contributed by atoms with E-state index in [1.54, 1.807) is 12.1 Å². The van der Waals surface area contributed by atoms with Crippen molar-refractivity contribution in [2.24, 2.45) is 5.73 Å². The van der Waals surface area contributed by atoms with Gasteiger partial charge >= 0.3 is 0 Å². The number of rotatable bonds is 6. The first kappa shape index (κ1) is 27.6. The maximum absolute atomic E-state index is 10.9. The summed E-state index contributed by atoms with van der Waals surface area (Å²) in [6.07, 6.45) is 1.41. The van der Waals surface area contributed by atoms with Gasteiger partial charge in [0.1, 0.15) is 5.75 Å². The molecule has 10 heteroatoms. The van der Waals surface area contributed by atoms with Crippen LogP contribution in [0.25, 0.3) is 0 Å². The number of nitro groups is 1. The molecule has 0 saturated carbocycles. The van der Waals surface area contributed by atoms with Crippen molar-refractivity contribution in [1.82, 2.24) is 4.90 Å². The summed E-state index contributed by atoms with van der Waals surface area (Å²) in [5.74, 6) is -0.622. The van der Waals surface area contributed by atoms with Crippen LogP contribution >= 0.6 is 11.6 Å². The van der Waals surface area contributed by atoms with Gasteiger partial charge in [0, 0.05) is 62.3 Å². The molecule has 9 nitrogen and oxygen atoms in total. The van der Waals surface area contributed by atoms with Gasteiger partial charge in [-0.05, 0) is 60.4 Å². The fourth-order valence-electron chi connectivity index (χ4n) is 4.16. The lowest BCUT2D eigenvalue weighted by Gasteiger charge is -2.37. The van der Waals surface area contributed by atoms with Crippen molar-refractivity contribution in [2.45, 2.75) is 20.4 Å². The van der Waals surface area contributed by atoms with Gasteiger partial charge in [0.25, 0.3) is 5.69 Å². The second kappa shape index (κ2) is 12.3. The number of hydrogen-bond acceptors (Lipinski definition) is 7. The number of nitrogens with two attached hydrogens (primary N) is 1. The summed E-state index contributed by atoms with van der Waals surface area (Å²) in [4.78, 5) is 25.9. The van der Waals surface area contributed by atoms with E-state index in [0.717, 1.165) is 49.4 Å². The van der Waals surface area contributed by atoms with Crippen molar-refractivity contribution in [2.75, 3.05) is 31.1 Å². The zero-order valence-electron chi connectivity index (χ0n) is 20.8. The number of carbonyl (C=O) groups excluding carboxylic acids is 1. The van der Waals surface area contributed by atoms with E-state index < -0.39 is 5.91 Å². The highest BCUT2D eigenvalue weighted by Gasteiger charge is 2.20. The number of halogens is 1. The minimum absolute atomic E-state index is 0.0586.